The topological polar surface area (TPSA) is 32.3 Å². The molecule has 3 rings (SSSR count). The fraction of sp³-hybridized carbons (Fsp3) is 0.562. The Balaban J connectivity index is 1.81. The Morgan fingerprint density at radius 2 is 2.14 bits per heavy atom. The molecule has 2 fully saturated rings. The minimum Gasteiger partial charge on any atom is -0.334 e. The maximum atomic E-state index is 13.3. The number of hydrogen-bond acceptors (Lipinski definition) is 2. The molecule has 0 aromatic heterocycles. The van der Waals surface area contributed by atoms with Crippen molar-refractivity contribution in [1.29, 1.82) is 0 Å². The first-order chi connectivity index (χ1) is 10.2. The Kier molecular flexibility index (Phi) is 4.45. The largest absolute Gasteiger partial charge is 0.334 e. The summed E-state index contributed by atoms with van der Waals surface area (Å²) in [6.45, 7) is 1.81. The van der Waals surface area contributed by atoms with Crippen LogP contribution in [0.5, 0.6) is 0 Å². The van der Waals surface area contributed by atoms with Crippen molar-refractivity contribution >= 4 is 17.5 Å². The minimum absolute atomic E-state index is 0.00778. The summed E-state index contributed by atoms with van der Waals surface area (Å²) in [6, 6.07) is 4.87. The molecular weight excluding hydrogens is 291 g/mol. The molecule has 1 aromatic rings. The molecule has 0 spiro atoms. The number of halogens is 2. The average Bonchev–Trinajstić information content (AvgIpc) is 3.03. The van der Waals surface area contributed by atoms with Crippen molar-refractivity contribution in [2.45, 2.75) is 44.2 Å². The van der Waals surface area contributed by atoms with Crippen LogP contribution in [0.1, 0.15) is 42.5 Å². The van der Waals surface area contributed by atoms with Crippen LogP contribution in [-0.2, 0) is 0 Å². The zero-order valence-corrected chi connectivity index (χ0v) is 12.7. The van der Waals surface area contributed by atoms with Crippen LogP contribution in [0, 0.1) is 5.82 Å². The van der Waals surface area contributed by atoms with Crippen LogP contribution in [0.3, 0.4) is 0 Å². The highest BCUT2D eigenvalue weighted by Gasteiger charge is 2.34. The first-order valence-electron chi connectivity index (χ1n) is 7.66. The number of likely N-dealkylation sites (tertiary alicyclic amines) is 1. The van der Waals surface area contributed by atoms with Crippen LogP contribution in [0.15, 0.2) is 18.2 Å². The van der Waals surface area contributed by atoms with Gasteiger partial charge in [-0.05, 0) is 56.8 Å². The Morgan fingerprint density at radius 1 is 1.29 bits per heavy atom. The molecule has 1 amide bonds. The van der Waals surface area contributed by atoms with Gasteiger partial charge in [0.05, 0.1) is 5.02 Å². The van der Waals surface area contributed by atoms with E-state index < -0.39 is 5.82 Å². The third kappa shape index (κ3) is 3.06. The molecule has 0 bridgehead atoms. The highest BCUT2D eigenvalue weighted by molar-refractivity contribution is 6.31. The number of nitrogens with zero attached hydrogens (tertiary/aromatic N) is 1. The van der Waals surface area contributed by atoms with Crippen molar-refractivity contribution in [3.8, 4) is 0 Å². The average molecular weight is 311 g/mol. The van der Waals surface area contributed by atoms with Crippen LogP contribution in [-0.4, -0.2) is 36.0 Å². The molecule has 2 aliphatic rings. The van der Waals surface area contributed by atoms with Gasteiger partial charge in [-0.25, -0.2) is 4.39 Å². The van der Waals surface area contributed by atoms with Gasteiger partial charge >= 0.3 is 0 Å². The van der Waals surface area contributed by atoms with E-state index in [0.29, 0.717) is 11.6 Å². The van der Waals surface area contributed by atoms with Crippen molar-refractivity contribution in [2.24, 2.45) is 0 Å². The van der Waals surface area contributed by atoms with Gasteiger partial charge in [-0.1, -0.05) is 11.6 Å². The monoisotopic (exact) mass is 310 g/mol. The van der Waals surface area contributed by atoms with E-state index in [9.17, 15) is 9.18 Å². The summed E-state index contributed by atoms with van der Waals surface area (Å²) in [5, 5.41) is 3.51. The van der Waals surface area contributed by atoms with Gasteiger partial charge in [-0.2, -0.15) is 0 Å². The molecule has 3 nitrogen and oxygen atoms in total. The lowest BCUT2D eigenvalue weighted by Crippen LogP contribution is -2.52. The van der Waals surface area contributed by atoms with Crippen LogP contribution in [0.4, 0.5) is 4.39 Å². The fourth-order valence-corrected chi connectivity index (χ4v) is 3.64. The normalized spacial score (nSPS) is 26.1. The van der Waals surface area contributed by atoms with E-state index in [1.54, 1.807) is 0 Å². The lowest BCUT2D eigenvalue weighted by atomic mass is 9.93. The van der Waals surface area contributed by atoms with Gasteiger partial charge in [0.15, 0.2) is 0 Å². The zero-order valence-electron chi connectivity index (χ0n) is 11.9. The molecule has 2 unspecified atom stereocenters. The quantitative estimate of drug-likeness (QED) is 0.909. The second-order valence-corrected chi connectivity index (χ2v) is 6.30. The molecule has 2 aliphatic heterocycles. The van der Waals surface area contributed by atoms with Crippen LogP contribution >= 0.6 is 11.6 Å². The highest BCUT2D eigenvalue weighted by Crippen LogP contribution is 2.26. The summed E-state index contributed by atoms with van der Waals surface area (Å²) in [5.41, 5.74) is 0.478. The van der Waals surface area contributed by atoms with Gasteiger partial charge in [0.25, 0.3) is 5.91 Å². The lowest BCUT2D eigenvalue weighted by molar-refractivity contribution is 0.0563. The summed E-state index contributed by atoms with van der Waals surface area (Å²) in [4.78, 5) is 14.7. The molecule has 2 heterocycles. The first-order valence-corrected chi connectivity index (χ1v) is 8.04. The van der Waals surface area contributed by atoms with E-state index in [-0.39, 0.29) is 17.0 Å². The molecular formula is C16H20ClFN2O. The number of carbonyl (C=O) groups is 1. The Hall–Kier alpha value is -1.13. The van der Waals surface area contributed by atoms with Crippen LogP contribution in [0.2, 0.25) is 5.02 Å². The smallest absolute Gasteiger partial charge is 0.254 e. The van der Waals surface area contributed by atoms with Crippen molar-refractivity contribution < 1.29 is 9.18 Å². The second kappa shape index (κ2) is 6.32. The molecule has 0 saturated carbocycles. The van der Waals surface area contributed by atoms with Gasteiger partial charge in [0.1, 0.15) is 5.82 Å². The van der Waals surface area contributed by atoms with E-state index >= 15 is 0 Å². The zero-order chi connectivity index (χ0) is 14.8. The SMILES string of the molecule is O=C(c1ccc(F)c(Cl)c1)N1CCCCC1C1CCCN1. The van der Waals surface area contributed by atoms with Gasteiger partial charge < -0.3 is 10.2 Å². The van der Waals surface area contributed by atoms with E-state index in [2.05, 4.69) is 5.32 Å². The summed E-state index contributed by atoms with van der Waals surface area (Å²) in [7, 11) is 0. The molecule has 0 radical (unpaired) electrons. The van der Waals surface area contributed by atoms with Crippen molar-refractivity contribution in [3.63, 3.8) is 0 Å². The number of nitrogens with one attached hydrogen (secondary N) is 1. The Bertz CT molecular complexity index is 531. The van der Waals surface area contributed by atoms with Gasteiger partial charge in [0.2, 0.25) is 0 Å². The van der Waals surface area contributed by atoms with Crippen LogP contribution in [0.25, 0.3) is 0 Å². The third-order valence-corrected chi connectivity index (χ3v) is 4.83. The Labute approximate surface area is 129 Å². The summed E-state index contributed by atoms with van der Waals surface area (Å²) in [6.07, 6.45) is 5.53. The fourth-order valence-electron chi connectivity index (χ4n) is 3.46. The van der Waals surface area contributed by atoms with Crippen LogP contribution < -0.4 is 5.32 Å². The number of rotatable bonds is 2. The molecule has 2 atom stereocenters. The van der Waals surface area contributed by atoms with Gasteiger partial charge in [-0.15, -0.1) is 0 Å². The summed E-state index contributed by atoms with van der Waals surface area (Å²) in [5.74, 6) is -0.517. The van der Waals surface area contributed by atoms with E-state index in [1.807, 2.05) is 4.90 Å². The lowest BCUT2D eigenvalue weighted by Gasteiger charge is -2.39. The first kappa shape index (κ1) is 14.8. The number of amides is 1. The summed E-state index contributed by atoms with van der Waals surface area (Å²) < 4.78 is 13.3. The predicted molar refractivity (Wildman–Crippen MR) is 81.1 cm³/mol. The van der Waals surface area contributed by atoms with Gasteiger partial charge in [0, 0.05) is 24.2 Å². The molecule has 5 heteroatoms. The maximum Gasteiger partial charge on any atom is 0.254 e. The summed E-state index contributed by atoms with van der Waals surface area (Å²) >= 11 is 5.80. The number of hydrogen-bond donors (Lipinski definition) is 1. The van der Waals surface area contributed by atoms with E-state index in [1.165, 1.54) is 24.6 Å². The molecule has 1 N–H and O–H groups in total. The van der Waals surface area contributed by atoms with E-state index in [0.717, 1.165) is 38.8 Å². The van der Waals surface area contributed by atoms with Crippen molar-refractivity contribution in [2.75, 3.05) is 13.1 Å². The molecule has 2 saturated heterocycles. The predicted octanol–water partition coefficient (Wildman–Crippen LogP) is 3.23. The van der Waals surface area contributed by atoms with Gasteiger partial charge in [-0.3, -0.25) is 4.79 Å². The van der Waals surface area contributed by atoms with E-state index in [4.69, 9.17) is 11.6 Å². The molecule has 21 heavy (non-hydrogen) atoms. The second-order valence-electron chi connectivity index (χ2n) is 5.89. The standard InChI is InChI=1S/C16H20ClFN2O/c17-12-10-11(6-7-13(12)18)16(21)20-9-2-1-5-15(20)14-4-3-8-19-14/h6-7,10,14-15,19H,1-5,8-9H2. The number of benzene rings is 1. The van der Waals surface area contributed by atoms with Crippen molar-refractivity contribution in [1.82, 2.24) is 10.2 Å². The number of piperidine rings is 1. The number of carbonyl (C=O) groups excluding carboxylic acids is 1. The maximum absolute atomic E-state index is 13.3. The molecule has 1 aromatic carbocycles. The Morgan fingerprint density at radius 3 is 2.86 bits per heavy atom. The highest BCUT2D eigenvalue weighted by atomic mass is 35.5. The molecule has 0 aliphatic carbocycles. The molecule has 114 valence electrons. The minimum atomic E-state index is -0.485. The third-order valence-electron chi connectivity index (χ3n) is 4.54. The van der Waals surface area contributed by atoms with Crippen molar-refractivity contribution in [3.05, 3.63) is 34.6 Å².